The number of rotatable bonds is 0. The monoisotopic (exact) mass is 187 g/mol. The highest BCUT2D eigenvalue weighted by Gasteiger charge is 2.19. The van der Waals surface area contributed by atoms with E-state index in [4.69, 9.17) is 0 Å². The number of hydrogen-bond acceptors (Lipinski definition) is 4. The number of ether oxygens (including phenoxy) is 1. The van der Waals surface area contributed by atoms with Crippen LogP contribution in [-0.2, 0) is 4.74 Å². The van der Waals surface area contributed by atoms with E-state index in [0.717, 1.165) is 13.1 Å². The average Bonchev–Trinajstić information content (AvgIpc) is 2.19. The van der Waals surface area contributed by atoms with Crippen molar-refractivity contribution in [3.63, 3.8) is 0 Å². The first-order valence-electron chi connectivity index (χ1n) is 4.13. The van der Waals surface area contributed by atoms with Crippen molar-refractivity contribution in [2.24, 2.45) is 0 Å². The normalized spacial score (nSPS) is 16.5. The highest BCUT2D eigenvalue weighted by atomic mass is 16.6. The van der Waals surface area contributed by atoms with Crippen LogP contribution in [0.15, 0.2) is 0 Å². The highest BCUT2D eigenvalue weighted by molar-refractivity contribution is 5.83. The largest absolute Gasteiger partial charge is 0.418 e. The SMILES string of the molecule is CNC(=O)OC(=O)N1CCNCC1. The number of carbonyl (C=O) groups is 2. The van der Waals surface area contributed by atoms with Crippen molar-refractivity contribution >= 4 is 12.2 Å². The van der Waals surface area contributed by atoms with Crippen molar-refractivity contribution in [3.05, 3.63) is 0 Å². The van der Waals surface area contributed by atoms with Crippen LogP contribution in [0.1, 0.15) is 0 Å². The van der Waals surface area contributed by atoms with Gasteiger partial charge in [-0.05, 0) is 0 Å². The van der Waals surface area contributed by atoms with E-state index < -0.39 is 12.2 Å². The van der Waals surface area contributed by atoms with E-state index in [-0.39, 0.29) is 0 Å². The van der Waals surface area contributed by atoms with Crippen LogP contribution in [0, 0.1) is 0 Å². The maximum Gasteiger partial charge on any atom is 0.418 e. The van der Waals surface area contributed by atoms with Gasteiger partial charge in [0.25, 0.3) is 0 Å². The maximum absolute atomic E-state index is 11.2. The van der Waals surface area contributed by atoms with Gasteiger partial charge in [-0.15, -0.1) is 0 Å². The Bertz CT molecular complexity index is 201. The van der Waals surface area contributed by atoms with Gasteiger partial charge >= 0.3 is 12.2 Å². The van der Waals surface area contributed by atoms with Gasteiger partial charge in [-0.3, -0.25) is 0 Å². The van der Waals surface area contributed by atoms with Gasteiger partial charge in [0.2, 0.25) is 0 Å². The first-order chi connectivity index (χ1) is 6.24. The van der Waals surface area contributed by atoms with Crippen LogP contribution in [0.4, 0.5) is 9.59 Å². The number of nitrogens with one attached hydrogen (secondary N) is 2. The molecule has 6 nitrogen and oxygen atoms in total. The standard InChI is InChI=1S/C7H13N3O3/c1-8-6(11)13-7(12)10-4-2-9-3-5-10/h9H,2-5H2,1H3,(H,8,11). The summed E-state index contributed by atoms with van der Waals surface area (Å²) in [6, 6.07) is 0. The number of piperazine rings is 1. The molecule has 0 saturated carbocycles. The highest BCUT2D eigenvalue weighted by Crippen LogP contribution is 1.96. The van der Waals surface area contributed by atoms with Gasteiger partial charge in [0.1, 0.15) is 0 Å². The van der Waals surface area contributed by atoms with Gasteiger partial charge in [-0.25, -0.2) is 9.59 Å². The van der Waals surface area contributed by atoms with E-state index in [1.54, 1.807) is 0 Å². The van der Waals surface area contributed by atoms with Crippen LogP contribution in [-0.4, -0.2) is 50.3 Å². The fourth-order valence-electron chi connectivity index (χ4n) is 1.04. The number of hydrogen-bond donors (Lipinski definition) is 2. The zero-order chi connectivity index (χ0) is 9.68. The molecule has 1 aliphatic heterocycles. The van der Waals surface area contributed by atoms with Gasteiger partial charge in [-0.2, -0.15) is 0 Å². The zero-order valence-electron chi connectivity index (χ0n) is 7.50. The van der Waals surface area contributed by atoms with Crippen LogP contribution in [0.25, 0.3) is 0 Å². The summed E-state index contributed by atoms with van der Waals surface area (Å²) in [5.74, 6) is 0. The van der Waals surface area contributed by atoms with Crippen LogP contribution in [0.3, 0.4) is 0 Å². The minimum absolute atomic E-state index is 0.579. The molecule has 0 spiro atoms. The summed E-state index contributed by atoms with van der Waals surface area (Å²) in [6.45, 7) is 2.64. The van der Waals surface area contributed by atoms with Crippen molar-refractivity contribution in [3.8, 4) is 0 Å². The minimum Gasteiger partial charge on any atom is -0.359 e. The van der Waals surface area contributed by atoms with Crippen LogP contribution >= 0.6 is 0 Å². The van der Waals surface area contributed by atoms with Gasteiger partial charge in [0.15, 0.2) is 0 Å². The quantitative estimate of drug-likeness (QED) is 0.495. The first-order valence-corrected chi connectivity index (χ1v) is 4.13. The summed E-state index contributed by atoms with van der Waals surface area (Å²) < 4.78 is 4.45. The molecule has 0 aromatic heterocycles. The molecule has 1 rings (SSSR count). The molecule has 2 amide bonds. The lowest BCUT2D eigenvalue weighted by molar-refractivity contribution is 0.114. The van der Waals surface area contributed by atoms with E-state index in [2.05, 4.69) is 15.4 Å². The summed E-state index contributed by atoms with van der Waals surface area (Å²) in [7, 11) is 1.41. The number of carbonyl (C=O) groups excluding carboxylic acids is 2. The molecule has 0 radical (unpaired) electrons. The molecule has 0 aliphatic carbocycles. The molecule has 1 heterocycles. The van der Waals surface area contributed by atoms with Crippen LogP contribution < -0.4 is 10.6 Å². The Hall–Kier alpha value is -1.30. The van der Waals surface area contributed by atoms with E-state index in [9.17, 15) is 9.59 Å². The molecule has 6 heteroatoms. The molecule has 2 N–H and O–H groups in total. The Balaban J connectivity index is 2.33. The summed E-state index contributed by atoms with van der Waals surface area (Å²) in [5.41, 5.74) is 0. The molecule has 0 unspecified atom stereocenters. The zero-order valence-corrected chi connectivity index (χ0v) is 7.50. The Morgan fingerprint density at radius 2 is 2.00 bits per heavy atom. The lowest BCUT2D eigenvalue weighted by atomic mass is 10.4. The third kappa shape index (κ3) is 2.90. The van der Waals surface area contributed by atoms with Gasteiger partial charge in [0.05, 0.1) is 0 Å². The summed E-state index contributed by atoms with van der Waals surface area (Å²) in [4.78, 5) is 23.3. The Morgan fingerprint density at radius 1 is 1.38 bits per heavy atom. The summed E-state index contributed by atoms with van der Waals surface area (Å²) in [5, 5.41) is 5.30. The smallest absolute Gasteiger partial charge is 0.359 e. The third-order valence-electron chi connectivity index (χ3n) is 1.76. The van der Waals surface area contributed by atoms with Crippen molar-refractivity contribution < 1.29 is 14.3 Å². The predicted molar refractivity (Wildman–Crippen MR) is 45.4 cm³/mol. The molecule has 0 bridgehead atoms. The molecule has 74 valence electrons. The molecule has 1 aliphatic rings. The van der Waals surface area contributed by atoms with Crippen LogP contribution in [0.2, 0.25) is 0 Å². The number of amides is 2. The van der Waals surface area contributed by atoms with Gasteiger partial charge < -0.3 is 20.3 Å². The van der Waals surface area contributed by atoms with E-state index in [0.29, 0.717) is 13.1 Å². The van der Waals surface area contributed by atoms with E-state index >= 15 is 0 Å². The molecular formula is C7H13N3O3. The Kier molecular flexibility index (Phi) is 3.51. The Morgan fingerprint density at radius 3 is 2.54 bits per heavy atom. The minimum atomic E-state index is -0.719. The molecule has 1 saturated heterocycles. The van der Waals surface area contributed by atoms with Crippen molar-refractivity contribution in [1.82, 2.24) is 15.5 Å². The topological polar surface area (TPSA) is 70.7 Å². The first kappa shape index (κ1) is 9.79. The second-order valence-electron chi connectivity index (χ2n) is 2.64. The lowest BCUT2D eigenvalue weighted by Gasteiger charge is -2.25. The van der Waals surface area contributed by atoms with Gasteiger partial charge in [-0.1, -0.05) is 0 Å². The molecule has 0 aromatic rings. The second-order valence-corrected chi connectivity index (χ2v) is 2.64. The fourth-order valence-corrected chi connectivity index (χ4v) is 1.04. The van der Waals surface area contributed by atoms with Crippen molar-refractivity contribution in [2.45, 2.75) is 0 Å². The third-order valence-corrected chi connectivity index (χ3v) is 1.76. The van der Waals surface area contributed by atoms with Crippen molar-refractivity contribution in [1.29, 1.82) is 0 Å². The van der Waals surface area contributed by atoms with Crippen molar-refractivity contribution in [2.75, 3.05) is 33.2 Å². The van der Waals surface area contributed by atoms with Gasteiger partial charge in [0, 0.05) is 33.2 Å². The number of alkyl carbamates (subject to hydrolysis) is 1. The van der Waals surface area contributed by atoms with E-state index in [1.165, 1.54) is 11.9 Å². The second kappa shape index (κ2) is 4.66. The molecule has 1 fully saturated rings. The molecule has 0 aromatic carbocycles. The molecular weight excluding hydrogens is 174 g/mol. The average molecular weight is 187 g/mol. The maximum atomic E-state index is 11.2. The predicted octanol–water partition coefficient (Wildman–Crippen LogP) is -0.632. The number of nitrogens with zero attached hydrogens (tertiary/aromatic N) is 1. The molecule has 13 heavy (non-hydrogen) atoms. The van der Waals surface area contributed by atoms with E-state index in [1.807, 2.05) is 0 Å². The van der Waals surface area contributed by atoms with Crippen LogP contribution in [0.5, 0.6) is 0 Å². The Labute approximate surface area is 76.2 Å². The molecule has 0 atom stereocenters. The summed E-state index contributed by atoms with van der Waals surface area (Å²) >= 11 is 0. The summed E-state index contributed by atoms with van der Waals surface area (Å²) in [6.07, 6.45) is -1.30. The fraction of sp³-hybridized carbons (Fsp3) is 0.714. The lowest BCUT2D eigenvalue weighted by Crippen LogP contribution is -2.47.